The lowest BCUT2D eigenvalue weighted by Gasteiger charge is -2.26. The first-order valence-corrected chi connectivity index (χ1v) is 9.99. The Kier molecular flexibility index (Phi) is 5.72. The second kappa shape index (κ2) is 8.34. The first-order chi connectivity index (χ1) is 15.1. The van der Waals surface area contributed by atoms with Crippen LogP contribution in [0.15, 0.2) is 36.4 Å². The summed E-state index contributed by atoms with van der Waals surface area (Å²) in [7, 11) is 1.25. The van der Waals surface area contributed by atoms with Gasteiger partial charge >= 0.3 is 12.3 Å². The van der Waals surface area contributed by atoms with Gasteiger partial charge in [-0.1, -0.05) is 12.1 Å². The largest absolute Gasteiger partial charge is 0.469 e. The van der Waals surface area contributed by atoms with Gasteiger partial charge in [0.2, 0.25) is 0 Å². The van der Waals surface area contributed by atoms with Crippen molar-refractivity contribution in [3.63, 3.8) is 0 Å². The highest BCUT2D eigenvalue weighted by molar-refractivity contribution is 5.94. The molecule has 0 saturated carbocycles. The molecule has 2 aromatic rings. The molecule has 7 nitrogen and oxygen atoms in total. The number of alkyl halides is 3. The Hall–Kier alpha value is -3.27. The maximum Gasteiger partial charge on any atom is 0.419 e. The minimum atomic E-state index is -4.68. The third-order valence-corrected chi connectivity index (χ3v) is 5.62. The number of amides is 2. The molecule has 1 N–H and O–H groups in total. The lowest BCUT2D eigenvalue weighted by Crippen LogP contribution is -2.40. The van der Waals surface area contributed by atoms with Gasteiger partial charge in [-0.15, -0.1) is 0 Å². The van der Waals surface area contributed by atoms with Crippen LogP contribution in [0.5, 0.6) is 5.75 Å². The second-order valence-electron chi connectivity index (χ2n) is 7.66. The minimum absolute atomic E-state index is 0.00263. The van der Waals surface area contributed by atoms with Gasteiger partial charge in [-0.05, 0) is 35.4 Å². The molecule has 0 bridgehead atoms. The summed E-state index contributed by atoms with van der Waals surface area (Å²) in [5.41, 5.74) is 0.580. The summed E-state index contributed by atoms with van der Waals surface area (Å²) in [4.78, 5) is 26.3. The molecule has 1 saturated heterocycles. The summed E-state index contributed by atoms with van der Waals surface area (Å²) in [6.45, 7) is 1.93. The minimum Gasteiger partial charge on any atom is -0.469 e. The Balaban J connectivity index is 1.64. The van der Waals surface area contributed by atoms with Gasteiger partial charge in [-0.2, -0.15) is 13.2 Å². The number of carbonyl (C=O) groups is 2. The van der Waals surface area contributed by atoms with Crippen LogP contribution in [0.4, 0.5) is 18.0 Å². The highest BCUT2D eigenvalue weighted by Crippen LogP contribution is 2.45. The van der Waals surface area contributed by atoms with Crippen LogP contribution in [-0.2, 0) is 17.3 Å². The fourth-order valence-electron chi connectivity index (χ4n) is 3.82. The fourth-order valence-corrected chi connectivity index (χ4v) is 3.82. The smallest absolute Gasteiger partial charge is 0.419 e. The number of hydrogen-bond acceptors (Lipinski definition) is 4. The van der Waals surface area contributed by atoms with Crippen molar-refractivity contribution in [2.24, 2.45) is 0 Å². The molecule has 0 aliphatic carbocycles. The molecular weight excluding hydrogens is 429 g/mol. The topological polar surface area (TPSA) is 79.3 Å². The Morgan fingerprint density at radius 3 is 2.34 bits per heavy atom. The third kappa shape index (κ3) is 4.22. The molecule has 170 valence electrons. The molecule has 2 heterocycles. The fraction of sp³-hybridized carbons (Fsp3) is 0.364. The molecule has 0 aromatic heterocycles. The monoisotopic (exact) mass is 450 g/mol. The zero-order valence-corrected chi connectivity index (χ0v) is 17.2. The molecule has 10 heteroatoms. The summed E-state index contributed by atoms with van der Waals surface area (Å²) >= 11 is 0. The van der Waals surface area contributed by atoms with Crippen LogP contribution < -0.4 is 4.74 Å². The molecule has 1 fully saturated rings. The number of carboxylic acid groups (broad SMARTS) is 1. The van der Waals surface area contributed by atoms with Crippen molar-refractivity contribution in [3.05, 3.63) is 53.1 Å². The van der Waals surface area contributed by atoms with Crippen molar-refractivity contribution in [3.8, 4) is 16.9 Å². The zero-order valence-electron chi connectivity index (χ0n) is 17.2. The number of benzene rings is 2. The second-order valence-corrected chi connectivity index (χ2v) is 7.66. The number of likely N-dealkylation sites (N-methyl/N-ethyl adjacent to an activating group) is 1. The summed E-state index contributed by atoms with van der Waals surface area (Å²) in [5.74, 6) is -0.504. The van der Waals surface area contributed by atoms with Crippen LogP contribution in [0.3, 0.4) is 0 Å². The maximum atomic E-state index is 13.7. The molecule has 0 radical (unpaired) electrons. The normalized spacial score (nSPS) is 18.1. The van der Waals surface area contributed by atoms with E-state index in [4.69, 9.17) is 14.6 Å². The van der Waals surface area contributed by atoms with Crippen molar-refractivity contribution >= 4 is 12.0 Å². The molecule has 32 heavy (non-hydrogen) atoms. The van der Waals surface area contributed by atoms with Crippen LogP contribution >= 0.6 is 0 Å². The first-order valence-electron chi connectivity index (χ1n) is 9.99. The van der Waals surface area contributed by atoms with Crippen LogP contribution in [0.1, 0.15) is 21.5 Å². The van der Waals surface area contributed by atoms with E-state index in [1.54, 1.807) is 35.2 Å². The van der Waals surface area contributed by atoms with Crippen molar-refractivity contribution in [2.75, 3.05) is 33.4 Å². The molecule has 1 unspecified atom stereocenters. The number of hydrogen-bond donors (Lipinski definition) is 1. The van der Waals surface area contributed by atoms with E-state index < -0.39 is 24.1 Å². The number of nitrogens with zero attached hydrogens (tertiary/aromatic N) is 2. The number of ether oxygens (including phenoxy) is 2. The van der Waals surface area contributed by atoms with Gasteiger partial charge in [0.05, 0.1) is 18.8 Å². The van der Waals surface area contributed by atoms with Crippen molar-refractivity contribution in [1.29, 1.82) is 0 Å². The molecule has 2 aromatic carbocycles. The summed E-state index contributed by atoms with van der Waals surface area (Å²) in [6, 6.07) is 8.94. The predicted octanol–water partition coefficient (Wildman–Crippen LogP) is 3.72. The van der Waals surface area contributed by atoms with Crippen molar-refractivity contribution in [1.82, 2.24) is 9.80 Å². The van der Waals surface area contributed by atoms with Gasteiger partial charge in [0.15, 0.2) is 6.23 Å². The average Bonchev–Trinajstić information content (AvgIpc) is 3.21. The molecule has 2 aliphatic rings. The predicted molar refractivity (Wildman–Crippen MR) is 108 cm³/mol. The first kappa shape index (κ1) is 21.9. The van der Waals surface area contributed by atoms with E-state index >= 15 is 0 Å². The van der Waals surface area contributed by atoms with Gasteiger partial charge in [0, 0.05) is 37.7 Å². The van der Waals surface area contributed by atoms with E-state index in [9.17, 15) is 22.8 Å². The van der Waals surface area contributed by atoms with Crippen LogP contribution in [0.2, 0.25) is 0 Å². The quantitative estimate of drug-likeness (QED) is 0.771. The Bertz CT molecular complexity index is 1030. The van der Waals surface area contributed by atoms with Crippen molar-refractivity contribution in [2.45, 2.75) is 18.8 Å². The number of carbonyl (C=O) groups excluding carboxylic acids is 1. The van der Waals surface area contributed by atoms with Gasteiger partial charge in [-0.25, -0.2) is 4.79 Å². The molecular formula is C22H21F3N2O5. The van der Waals surface area contributed by atoms with E-state index in [0.717, 1.165) is 11.0 Å². The molecule has 2 aliphatic heterocycles. The van der Waals surface area contributed by atoms with E-state index in [1.807, 2.05) is 0 Å². The highest BCUT2D eigenvalue weighted by Gasteiger charge is 2.40. The Morgan fingerprint density at radius 1 is 1.09 bits per heavy atom. The van der Waals surface area contributed by atoms with Crippen molar-refractivity contribution < 1.29 is 37.3 Å². The van der Waals surface area contributed by atoms with Gasteiger partial charge in [0.1, 0.15) is 5.75 Å². The summed E-state index contributed by atoms with van der Waals surface area (Å²) < 4.78 is 51.8. The van der Waals surface area contributed by atoms with Crippen LogP contribution in [-0.4, -0.2) is 66.5 Å². The summed E-state index contributed by atoms with van der Waals surface area (Å²) in [5, 5.41) is 9.13. The van der Waals surface area contributed by atoms with Crippen LogP contribution in [0.25, 0.3) is 11.1 Å². The lowest BCUT2D eigenvalue weighted by molar-refractivity contribution is -0.139. The molecule has 0 spiro atoms. The molecule has 4 rings (SSSR count). The molecule has 1 atom stereocenters. The SMILES string of the molecule is CN(C(=O)O)C1Cc2cc(-c3ccc(C(=O)N4CCOCC4)cc3)cc(C(F)(F)F)c2O1. The zero-order chi connectivity index (χ0) is 23.0. The van der Waals surface area contributed by atoms with Gasteiger partial charge < -0.3 is 19.5 Å². The van der Waals surface area contributed by atoms with E-state index in [1.165, 1.54) is 7.05 Å². The standard InChI is InChI=1S/C22H21F3N2O5/c1-26(21(29)30)18-12-16-10-15(11-17(19(16)32-18)22(23,24)25)13-2-4-14(5-3-13)20(28)27-6-8-31-9-7-27/h2-5,10-11,18H,6-9,12H2,1H3,(H,29,30). The van der Waals surface area contributed by atoms with Gasteiger partial charge in [-0.3, -0.25) is 9.69 Å². The number of halogens is 3. The maximum absolute atomic E-state index is 13.7. The Morgan fingerprint density at radius 2 is 1.75 bits per heavy atom. The average molecular weight is 450 g/mol. The third-order valence-electron chi connectivity index (χ3n) is 5.62. The Labute approximate surface area is 181 Å². The number of rotatable bonds is 3. The lowest BCUT2D eigenvalue weighted by atomic mass is 9.97. The van der Waals surface area contributed by atoms with E-state index in [2.05, 4.69) is 0 Å². The van der Waals surface area contributed by atoms with E-state index in [-0.39, 0.29) is 23.6 Å². The van der Waals surface area contributed by atoms with E-state index in [0.29, 0.717) is 43.0 Å². The van der Waals surface area contributed by atoms with Gasteiger partial charge in [0.25, 0.3) is 5.91 Å². The molecule has 2 amide bonds. The number of fused-ring (bicyclic) bond motifs is 1. The van der Waals surface area contributed by atoms with Crippen LogP contribution in [0, 0.1) is 0 Å². The number of morpholine rings is 1. The highest BCUT2D eigenvalue weighted by atomic mass is 19.4. The summed E-state index contributed by atoms with van der Waals surface area (Å²) in [6.07, 6.45) is -7.00.